The van der Waals surface area contributed by atoms with Crippen LogP contribution in [0.5, 0.6) is 0 Å². The molecule has 2 heterocycles. The lowest BCUT2D eigenvalue weighted by molar-refractivity contribution is 0.172. The van der Waals surface area contributed by atoms with Gasteiger partial charge >= 0.3 is 6.03 Å². The highest BCUT2D eigenvalue weighted by molar-refractivity contribution is 7.89. The molecule has 0 atom stereocenters. The maximum atomic E-state index is 13.4. The maximum Gasteiger partial charge on any atom is 0.317 e. The molecular weight excluding hydrogens is 414 g/mol. The van der Waals surface area contributed by atoms with Crippen LogP contribution in [0.3, 0.4) is 0 Å². The van der Waals surface area contributed by atoms with Crippen molar-refractivity contribution in [2.75, 3.05) is 32.7 Å². The summed E-state index contributed by atoms with van der Waals surface area (Å²) in [5.41, 5.74) is 4.83. The van der Waals surface area contributed by atoms with E-state index in [2.05, 4.69) is 10.3 Å². The molecule has 1 fully saturated rings. The third kappa shape index (κ3) is 4.77. The fourth-order valence-corrected chi connectivity index (χ4v) is 6.08. The van der Waals surface area contributed by atoms with Gasteiger partial charge < -0.3 is 14.8 Å². The van der Waals surface area contributed by atoms with E-state index in [9.17, 15) is 13.2 Å². The van der Waals surface area contributed by atoms with Crippen LogP contribution in [-0.4, -0.2) is 65.9 Å². The number of hydrogen-bond donors (Lipinski definition) is 1. The third-order valence-electron chi connectivity index (χ3n) is 6.48. The molecule has 0 saturated carbocycles. The molecule has 0 unspecified atom stereocenters. The van der Waals surface area contributed by atoms with Crippen molar-refractivity contribution in [3.63, 3.8) is 0 Å². The first-order valence-corrected chi connectivity index (χ1v) is 12.1. The molecular formula is C22H33N5O3S. The molecule has 31 heavy (non-hydrogen) atoms. The van der Waals surface area contributed by atoms with Crippen LogP contribution in [0.25, 0.3) is 0 Å². The molecule has 1 aromatic heterocycles. The van der Waals surface area contributed by atoms with E-state index in [1.807, 2.05) is 45.4 Å². The number of nitrogens with zero attached hydrogens (tertiary/aromatic N) is 4. The normalized spacial score (nSPS) is 15.3. The van der Waals surface area contributed by atoms with Crippen molar-refractivity contribution in [2.45, 2.75) is 52.5 Å². The summed E-state index contributed by atoms with van der Waals surface area (Å²) >= 11 is 0. The van der Waals surface area contributed by atoms with Gasteiger partial charge in [0.05, 0.1) is 11.2 Å². The number of aromatic nitrogens is 2. The van der Waals surface area contributed by atoms with Crippen molar-refractivity contribution in [3.05, 3.63) is 46.5 Å². The second kappa shape index (κ2) is 9.40. The maximum absolute atomic E-state index is 13.4. The number of hydrogen-bond acceptors (Lipinski definition) is 4. The standard InChI is InChI=1S/C22H33N5O3S/c1-16-17(2)19(4)21(20(5)18(16)3)31(29,30)27-13-11-26(12-14-27)22(28)24-7-6-9-25-10-8-23-15-25/h8,10,15H,6-7,9,11-14H2,1-5H3,(H,24,28). The minimum atomic E-state index is -3.61. The zero-order valence-corrected chi connectivity index (χ0v) is 19.9. The lowest BCUT2D eigenvalue weighted by Crippen LogP contribution is -2.53. The van der Waals surface area contributed by atoms with E-state index in [-0.39, 0.29) is 6.03 Å². The van der Waals surface area contributed by atoms with E-state index in [0.717, 1.165) is 40.8 Å². The average Bonchev–Trinajstić information content (AvgIpc) is 3.27. The summed E-state index contributed by atoms with van der Waals surface area (Å²) in [7, 11) is -3.61. The van der Waals surface area contributed by atoms with Crippen LogP contribution in [0, 0.1) is 34.6 Å². The van der Waals surface area contributed by atoms with Gasteiger partial charge in [-0.05, 0) is 68.9 Å². The quantitative estimate of drug-likeness (QED) is 0.690. The van der Waals surface area contributed by atoms with Crippen molar-refractivity contribution in [1.29, 1.82) is 0 Å². The summed E-state index contributed by atoms with van der Waals surface area (Å²) in [6.07, 6.45) is 6.18. The zero-order valence-electron chi connectivity index (χ0n) is 19.1. The number of urea groups is 1. The molecule has 1 aliphatic heterocycles. The molecule has 1 aliphatic rings. The van der Waals surface area contributed by atoms with Gasteiger partial charge in [0.2, 0.25) is 10.0 Å². The van der Waals surface area contributed by atoms with E-state index in [1.54, 1.807) is 17.4 Å². The van der Waals surface area contributed by atoms with Crippen LogP contribution in [0.4, 0.5) is 4.79 Å². The van der Waals surface area contributed by atoms with E-state index in [1.165, 1.54) is 4.31 Å². The number of rotatable bonds is 6. The summed E-state index contributed by atoms with van der Waals surface area (Å²) < 4.78 is 30.4. The predicted octanol–water partition coefficient (Wildman–Crippen LogP) is 2.53. The summed E-state index contributed by atoms with van der Waals surface area (Å²) in [5.74, 6) is 0. The van der Waals surface area contributed by atoms with E-state index >= 15 is 0 Å². The number of aryl methyl sites for hydroxylation is 1. The molecule has 2 aromatic rings. The summed E-state index contributed by atoms with van der Waals surface area (Å²) in [6.45, 7) is 12.5. The van der Waals surface area contributed by atoms with Gasteiger partial charge in [0.15, 0.2) is 0 Å². The number of benzene rings is 1. The molecule has 9 heteroatoms. The third-order valence-corrected chi connectivity index (χ3v) is 8.66. The van der Waals surface area contributed by atoms with Gasteiger partial charge in [0, 0.05) is 51.7 Å². The van der Waals surface area contributed by atoms with Crippen LogP contribution < -0.4 is 5.32 Å². The molecule has 1 saturated heterocycles. The molecule has 0 bridgehead atoms. The van der Waals surface area contributed by atoms with Gasteiger partial charge in [0.1, 0.15) is 0 Å². The Kier molecular flexibility index (Phi) is 7.06. The highest BCUT2D eigenvalue weighted by atomic mass is 32.2. The fraction of sp³-hybridized carbons (Fsp3) is 0.545. The highest BCUT2D eigenvalue weighted by Gasteiger charge is 2.33. The Hall–Kier alpha value is -2.39. The molecule has 1 aromatic carbocycles. The molecule has 170 valence electrons. The largest absolute Gasteiger partial charge is 0.338 e. The summed E-state index contributed by atoms with van der Waals surface area (Å²) in [5, 5.41) is 2.92. The first kappa shape index (κ1) is 23.3. The van der Waals surface area contributed by atoms with Crippen molar-refractivity contribution < 1.29 is 13.2 Å². The van der Waals surface area contributed by atoms with Crippen molar-refractivity contribution >= 4 is 16.1 Å². The minimum Gasteiger partial charge on any atom is -0.338 e. The van der Waals surface area contributed by atoms with Crippen LogP contribution in [0.1, 0.15) is 34.2 Å². The van der Waals surface area contributed by atoms with Gasteiger partial charge in [-0.25, -0.2) is 18.2 Å². The zero-order chi connectivity index (χ0) is 22.8. The lowest BCUT2D eigenvalue weighted by Gasteiger charge is -2.35. The van der Waals surface area contributed by atoms with Crippen LogP contribution in [-0.2, 0) is 16.6 Å². The molecule has 0 aliphatic carbocycles. The topological polar surface area (TPSA) is 87.5 Å². The summed E-state index contributed by atoms with van der Waals surface area (Å²) in [4.78, 5) is 18.6. The molecule has 1 N–H and O–H groups in total. The monoisotopic (exact) mass is 447 g/mol. The number of sulfonamides is 1. The number of carbonyl (C=O) groups is 1. The molecule has 0 radical (unpaired) electrons. The molecule has 0 spiro atoms. The highest BCUT2D eigenvalue weighted by Crippen LogP contribution is 2.31. The second-order valence-corrected chi connectivity index (χ2v) is 10.1. The molecule has 3 rings (SSSR count). The van der Waals surface area contributed by atoms with Crippen molar-refractivity contribution in [1.82, 2.24) is 24.1 Å². The number of piperazine rings is 1. The first-order chi connectivity index (χ1) is 14.6. The van der Waals surface area contributed by atoms with Crippen molar-refractivity contribution in [2.24, 2.45) is 0 Å². The Morgan fingerprint density at radius 1 is 0.968 bits per heavy atom. The number of carbonyl (C=O) groups excluding carboxylic acids is 1. The lowest BCUT2D eigenvalue weighted by atomic mass is 9.95. The summed E-state index contributed by atoms with van der Waals surface area (Å²) in [6, 6.07) is -0.142. The van der Waals surface area contributed by atoms with Crippen molar-refractivity contribution in [3.8, 4) is 0 Å². The van der Waals surface area contributed by atoms with E-state index < -0.39 is 10.0 Å². The van der Waals surface area contributed by atoms with Crippen LogP contribution >= 0.6 is 0 Å². The Balaban J connectivity index is 1.59. The average molecular weight is 448 g/mol. The van der Waals surface area contributed by atoms with Gasteiger partial charge in [-0.3, -0.25) is 0 Å². The predicted molar refractivity (Wildman–Crippen MR) is 121 cm³/mol. The number of imidazole rings is 1. The van der Waals surface area contributed by atoms with Gasteiger partial charge in [-0.15, -0.1) is 0 Å². The second-order valence-electron chi connectivity index (χ2n) is 8.23. The van der Waals surface area contributed by atoms with Crippen LogP contribution in [0.2, 0.25) is 0 Å². The number of amides is 2. The van der Waals surface area contributed by atoms with Gasteiger partial charge in [-0.2, -0.15) is 4.31 Å². The molecule has 2 amide bonds. The smallest absolute Gasteiger partial charge is 0.317 e. The Bertz CT molecular complexity index is 1010. The van der Waals surface area contributed by atoms with E-state index in [4.69, 9.17) is 0 Å². The minimum absolute atomic E-state index is 0.142. The Labute approximate surface area is 185 Å². The van der Waals surface area contributed by atoms with Gasteiger partial charge in [-0.1, -0.05) is 0 Å². The van der Waals surface area contributed by atoms with E-state index in [0.29, 0.717) is 37.6 Å². The number of nitrogens with one attached hydrogen (secondary N) is 1. The first-order valence-electron chi connectivity index (χ1n) is 10.7. The Morgan fingerprint density at radius 3 is 2.10 bits per heavy atom. The van der Waals surface area contributed by atoms with Gasteiger partial charge in [0.25, 0.3) is 0 Å². The SMILES string of the molecule is Cc1c(C)c(C)c(S(=O)(=O)N2CCN(C(=O)NCCCn3ccnc3)CC2)c(C)c1C. The Morgan fingerprint density at radius 2 is 1.55 bits per heavy atom. The molecule has 8 nitrogen and oxygen atoms in total. The fourth-order valence-electron chi connectivity index (χ4n) is 4.10. The van der Waals surface area contributed by atoms with Crippen LogP contribution in [0.15, 0.2) is 23.6 Å².